The second kappa shape index (κ2) is 13.6. The summed E-state index contributed by atoms with van der Waals surface area (Å²) in [5, 5.41) is 16.1. The molecule has 3 aromatic rings. The number of nitrogens with one attached hydrogen (secondary N) is 2. The van der Waals surface area contributed by atoms with Crippen LogP contribution in [0.15, 0.2) is 55.5 Å². The molecule has 2 fully saturated rings. The van der Waals surface area contributed by atoms with E-state index in [-0.39, 0.29) is 19.4 Å². The number of benzene rings is 1. The van der Waals surface area contributed by atoms with Crippen molar-refractivity contribution in [1.29, 1.82) is 0 Å². The first-order valence-corrected chi connectivity index (χ1v) is 16.4. The van der Waals surface area contributed by atoms with E-state index in [4.69, 9.17) is 19.2 Å². The summed E-state index contributed by atoms with van der Waals surface area (Å²) in [4.78, 5) is 68.0. The van der Waals surface area contributed by atoms with Crippen molar-refractivity contribution < 1.29 is 38.5 Å². The number of aliphatic carboxylic acids is 1. The van der Waals surface area contributed by atoms with Gasteiger partial charge in [0.2, 0.25) is 11.8 Å². The molecule has 266 valence electrons. The number of pyridine rings is 1. The molecule has 1 saturated heterocycles. The Morgan fingerprint density at radius 3 is 2.42 bits per heavy atom. The average Bonchev–Trinajstić information content (AvgIpc) is 3.61. The van der Waals surface area contributed by atoms with Crippen molar-refractivity contribution in [3.8, 4) is 22.9 Å². The minimum atomic E-state index is -1.52. The number of fused-ring (bicyclic) bond motifs is 1. The number of likely N-dealkylation sites (tertiary alicyclic amines) is 1. The van der Waals surface area contributed by atoms with E-state index < -0.39 is 64.5 Å². The van der Waals surface area contributed by atoms with Crippen molar-refractivity contribution in [1.82, 2.24) is 30.5 Å². The molecule has 1 aromatic carbocycles. The molecule has 0 spiro atoms. The van der Waals surface area contributed by atoms with Crippen LogP contribution in [0.1, 0.15) is 54.4 Å². The summed E-state index contributed by atoms with van der Waals surface area (Å²) in [5.41, 5.74) is -1.51. The van der Waals surface area contributed by atoms with Gasteiger partial charge in [-0.05, 0) is 50.8 Å². The zero-order valence-electron chi connectivity index (χ0n) is 29.4. The third kappa shape index (κ3) is 7.63. The van der Waals surface area contributed by atoms with Gasteiger partial charge in [-0.1, -0.05) is 26.8 Å². The van der Waals surface area contributed by atoms with Crippen LogP contribution in [0.2, 0.25) is 0 Å². The topological polar surface area (TPSA) is 182 Å². The van der Waals surface area contributed by atoms with Crippen LogP contribution in [0.5, 0.6) is 11.5 Å². The van der Waals surface area contributed by atoms with E-state index in [1.165, 1.54) is 17.3 Å². The maximum absolute atomic E-state index is 14.4. The van der Waals surface area contributed by atoms with Crippen molar-refractivity contribution in [2.75, 3.05) is 13.7 Å². The van der Waals surface area contributed by atoms with Crippen LogP contribution in [0.4, 0.5) is 4.79 Å². The molecule has 1 aliphatic carbocycles. The van der Waals surface area contributed by atoms with Gasteiger partial charge in [0, 0.05) is 36.1 Å². The minimum absolute atomic E-state index is 0.0345. The first-order valence-electron chi connectivity index (χ1n) is 16.4. The molecule has 0 bridgehead atoms. The summed E-state index contributed by atoms with van der Waals surface area (Å²) < 4.78 is 17.5. The molecule has 14 heteroatoms. The van der Waals surface area contributed by atoms with Crippen molar-refractivity contribution in [3.63, 3.8) is 0 Å². The summed E-state index contributed by atoms with van der Waals surface area (Å²) in [6.07, 6.45) is 3.23. The van der Waals surface area contributed by atoms with E-state index in [2.05, 4.69) is 27.2 Å². The quantitative estimate of drug-likeness (QED) is 0.261. The minimum Gasteiger partial charge on any atom is -0.497 e. The number of carboxylic acids is 1. The van der Waals surface area contributed by atoms with Crippen molar-refractivity contribution in [2.24, 2.45) is 11.3 Å². The number of rotatable bonds is 10. The summed E-state index contributed by atoms with van der Waals surface area (Å²) >= 11 is 0. The summed E-state index contributed by atoms with van der Waals surface area (Å²) in [6.45, 7) is 14.2. The van der Waals surface area contributed by atoms with E-state index in [9.17, 15) is 24.3 Å². The number of nitrogens with zero attached hydrogens (tertiary/aromatic N) is 4. The lowest BCUT2D eigenvalue weighted by Crippen LogP contribution is -2.59. The van der Waals surface area contributed by atoms with Crippen LogP contribution in [0.3, 0.4) is 0 Å². The van der Waals surface area contributed by atoms with Crippen molar-refractivity contribution >= 4 is 34.8 Å². The standard InChI is InChI=1S/C36H44N6O8/c1-9-20-17-36(20,32(45)46)41-30(43)27-15-22(18-42(27)31(44)29(34(2,3)4)40-33(47)50-35(5,6)7)49-28-16-26(24-12-13-37-19-38-24)39-25-14-21(48-8)10-11-23(25)28/h9-14,16,19-20,22,27,29H,1,15,17-18H2,2-8H3,(H,40,47)(H,41,43)(H,45,46)/t20-,22+,27-,29+,36?/m0/s1. The van der Waals surface area contributed by atoms with Crippen LogP contribution in [0, 0.1) is 11.3 Å². The highest BCUT2D eigenvalue weighted by Crippen LogP contribution is 2.45. The zero-order chi connectivity index (χ0) is 36.6. The van der Waals surface area contributed by atoms with Gasteiger partial charge >= 0.3 is 12.1 Å². The van der Waals surface area contributed by atoms with Crippen LogP contribution in [0.25, 0.3) is 22.3 Å². The molecule has 3 heterocycles. The van der Waals surface area contributed by atoms with Gasteiger partial charge in [0.05, 0.1) is 30.6 Å². The maximum atomic E-state index is 14.4. The lowest BCUT2D eigenvalue weighted by molar-refractivity contribution is -0.146. The number of carbonyl (C=O) groups excluding carboxylic acids is 3. The smallest absolute Gasteiger partial charge is 0.408 e. The first-order chi connectivity index (χ1) is 23.5. The first kappa shape index (κ1) is 36.0. The second-order valence-electron chi connectivity index (χ2n) is 14.7. The van der Waals surface area contributed by atoms with Crippen molar-refractivity contribution in [3.05, 3.63) is 55.5 Å². The molecule has 5 rings (SSSR count). The molecule has 5 atom stereocenters. The molecule has 3 N–H and O–H groups in total. The SMILES string of the molecule is C=C[C@H]1CC1(NC(=O)[C@@H]1C[C@@H](Oc2cc(-c3ccncn3)nc3cc(OC)ccc23)CN1C(=O)[C@@H](NC(=O)OC(C)(C)C)C(C)(C)C)C(=O)O. The number of amides is 3. The Bertz CT molecular complexity index is 1800. The number of hydrogen-bond acceptors (Lipinski definition) is 10. The van der Waals surface area contributed by atoms with Crippen LogP contribution < -0.4 is 20.1 Å². The summed E-state index contributed by atoms with van der Waals surface area (Å²) in [5.74, 6) is -1.82. The highest BCUT2D eigenvalue weighted by Gasteiger charge is 2.61. The molecule has 2 aliphatic rings. The summed E-state index contributed by atoms with van der Waals surface area (Å²) in [7, 11) is 1.55. The Hall–Kier alpha value is -5.27. The second-order valence-corrected chi connectivity index (χ2v) is 14.7. The molecular formula is C36H44N6O8. The fourth-order valence-corrected chi connectivity index (χ4v) is 6.09. The Morgan fingerprint density at radius 2 is 1.84 bits per heavy atom. The van der Waals surface area contributed by atoms with Crippen LogP contribution in [-0.4, -0.2) is 91.8 Å². The predicted octanol–water partition coefficient (Wildman–Crippen LogP) is 4.13. The molecule has 1 unspecified atom stereocenters. The number of methoxy groups -OCH3 is 1. The zero-order valence-corrected chi connectivity index (χ0v) is 29.4. The van der Waals surface area contributed by atoms with Gasteiger partial charge < -0.3 is 34.9 Å². The van der Waals surface area contributed by atoms with Gasteiger partial charge in [0.25, 0.3) is 0 Å². The number of ether oxygens (including phenoxy) is 3. The Morgan fingerprint density at radius 1 is 1.10 bits per heavy atom. The normalized spacial score (nSPS) is 22.3. The molecule has 1 aliphatic heterocycles. The summed E-state index contributed by atoms with van der Waals surface area (Å²) in [6, 6.07) is 6.58. The van der Waals surface area contributed by atoms with Crippen molar-refractivity contribution in [2.45, 2.75) is 83.7 Å². The van der Waals surface area contributed by atoms with E-state index in [1.54, 1.807) is 79.1 Å². The monoisotopic (exact) mass is 688 g/mol. The number of carboxylic acid groups (broad SMARTS) is 1. The maximum Gasteiger partial charge on any atom is 0.408 e. The lowest BCUT2D eigenvalue weighted by atomic mass is 9.85. The Balaban J connectivity index is 1.51. The number of aromatic nitrogens is 3. The van der Waals surface area contributed by atoms with E-state index in [1.807, 2.05) is 6.07 Å². The van der Waals surface area contributed by atoms with E-state index >= 15 is 0 Å². The van der Waals surface area contributed by atoms with Gasteiger partial charge in [-0.25, -0.2) is 24.5 Å². The van der Waals surface area contributed by atoms with Crippen LogP contribution in [-0.2, 0) is 19.1 Å². The van der Waals surface area contributed by atoms with Gasteiger partial charge in [-0.2, -0.15) is 0 Å². The predicted molar refractivity (Wildman–Crippen MR) is 183 cm³/mol. The van der Waals surface area contributed by atoms with E-state index in [0.29, 0.717) is 33.8 Å². The Labute approximate surface area is 290 Å². The number of carbonyl (C=O) groups is 4. The fourth-order valence-electron chi connectivity index (χ4n) is 6.09. The molecular weight excluding hydrogens is 644 g/mol. The van der Waals surface area contributed by atoms with Gasteiger partial charge in [0.1, 0.15) is 47.2 Å². The Kier molecular flexibility index (Phi) is 9.77. The molecule has 0 radical (unpaired) electrons. The molecule has 14 nitrogen and oxygen atoms in total. The van der Waals surface area contributed by atoms with Gasteiger partial charge in [-0.3, -0.25) is 9.59 Å². The van der Waals surface area contributed by atoms with Gasteiger partial charge in [0.15, 0.2) is 0 Å². The highest BCUT2D eigenvalue weighted by atomic mass is 16.6. The molecule has 2 aromatic heterocycles. The lowest BCUT2D eigenvalue weighted by Gasteiger charge is -2.35. The molecule has 50 heavy (non-hydrogen) atoms. The number of alkyl carbamates (subject to hydrolysis) is 1. The third-order valence-electron chi connectivity index (χ3n) is 8.77. The van der Waals surface area contributed by atoms with Crippen LogP contribution >= 0.6 is 0 Å². The fraction of sp³-hybridized carbons (Fsp3) is 0.472. The third-order valence-corrected chi connectivity index (χ3v) is 8.77. The number of hydrogen-bond donors (Lipinski definition) is 3. The van der Waals surface area contributed by atoms with E-state index in [0.717, 1.165) is 0 Å². The van der Waals surface area contributed by atoms with Gasteiger partial charge in [-0.15, -0.1) is 6.58 Å². The molecule has 3 amide bonds. The molecule has 1 saturated carbocycles. The average molecular weight is 689 g/mol. The largest absolute Gasteiger partial charge is 0.497 e. The highest BCUT2D eigenvalue weighted by molar-refractivity contribution is 5.96.